The summed E-state index contributed by atoms with van der Waals surface area (Å²) in [7, 11) is 2.74. The number of aromatic carboxylic acids is 1. The maximum absolute atomic E-state index is 14.8. The first-order valence-electron chi connectivity index (χ1n) is 12.0. The number of hydrogen-bond donors (Lipinski definition) is 2. The summed E-state index contributed by atoms with van der Waals surface area (Å²) in [4.78, 5) is 11.7. The molecule has 1 fully saturated rings. The van der Waals surface area contributed by atoms with Gasteiger partial charge in [0.1, 0.15) is 22.9 Å². The van der Waals surface area contributed by atoms with Crippen LogP contribution in [0.1, 0.15) is 29.9 Å². The molecule has 0 amide bonds. The Hall–Kier alpha value is -4.11. The largest absolute Gasteiger partial charge is 0.507 e. The summed E-state index contributed by atoms with van der Waals surface area (Å²) < 4.78 is 47.1. The van der Waals surface area contributed by atoms with Crippen LogP contribution in [0.15, 0.2) is 48.5 Å². The maximum Gasteiger partial charge on any atom is 0.339 e. The summed E-state index contributed by atoms with van der Waals surface area (Å²) in [5, 5.41) is 21.0. The van der Waals surface area contributed by atoms with E-state index in [1.807, 2.05) is 13.8 Å². The van der Waals surface area contributed by atoms with Gasteiger partial charge in [-0.3, -0.25) is 0 Å². The van der Waals surface area contributed by atoms with Gasteiger partial charge in [-0.2, -0.15) is 0 Å². The summed E-state index contributed by atoms with van der Waals surface area (Å²) >= 11 is 0. The molecule has 3 aromatic carbocycles. The van der Waals surface area contributed by atoms with Crippen molar-refractivity contribution in [3.8, 4) is 34.1 Å². The number of ether oxygens (including phenoxy) is 3. The number of halogens is 2. The number of methoxy groups -OCH3 is 2. The minimum atomic E-state index is -1.15. The monoisotopic (exact) mass is 523 g/mol. The third kappa shape index (κ3) is 3.94. The van der Waals surface area contributed by atoms with Gasteiger partial charge in [0.2, 0.25) is 0 Å². The Morgan fingerprint density at radius 2 is 1.74 bits per heavy atom. The predicted molar refractivity (Wildman–Crippen MR) is 138 cm³/mol. The molecule has 0 unspecified atom stereocenters. The molecular weight excluding hydrogens is 496 g/mol. The van der Waals surface area contributed by atoms with Crippen molar-refractivity contribution in [1.82, 2.24) is 4.57 Å². The Morgan fingerprint density at radius 1 is 1.03 bits per heavy atom. The smallest absolute Gasteiger partial charge is 0.339 e. The van der Waals surface area contributed by atoms with E-state index >= 15 is 0 Å². The first-order chi connectivity index (χ1) is 18.1. The Labute approximate surface area is 217 Å². The normalized spacial score (nSPS) is 13.9. The first-order valence-corrected chi connectivity index (χ1v) is 12.0. The van der Waals surface area contributed by atoms with Crippen LogP contribution >= 0.6 is 0 Å². The zero-order valence-corrected chi connectivity index (χ0v) is 21.3. The topological polar surface area (TPSA) is 90.2 Å². The van der Waals surface area contributed by atoms with E-state index in [0.29, 0.717) is 46.6 Å². The molecule has 0 radical (unpaired) electrons. The van der Waals surface area contributed by atoms with Crippen LogP contribution in [0.3, 0.4) is 0 Å². The Morgan fingerprint density at radius 3 is 2.34 bits per heavy atom. The third-order valence-corrected chi connectivity index (χ3v) is 7.40. The van der Waals surface area contributed by atoms with Gasteiger partial charge in [-0.25, -0.2) is 13.6 Å². The summed E-state index contributed by atoms with van der Waals surface area (Å²) in [6, 6.07) is 11.4. The Bertz CT molecular complexity index is 1570. The van der Waals surface area contributed by atoms with E-state index in [0.717, 1.165) is 6.07 Å². The van der Waals surface area contributed by atoms with Crippen molar-refractivity contribution in [2.45, 2.75) is 19.3 Å². The number of rotatable bonds is 7. The van der Waals surface area contributed by atoms with Gasteiger partial charge in [-0.1, -0.05) is 19.9 Å². The number of fused-ring (bicyclic) bond motifs is 1. The third-order valence-electron chi connectivity index (χ3n) is 7.40. The molecule has 0 spiro atoms. The second-order valence-corrected chi connectivity index (χ2v) is 9.87. The van der Waals surface area contributed by atoms with Crippen molar-refractivity contribution in [3.63, 3.8) is 0 Å². The van der Waals surface area contributed by atoms with Crippen molar-refractivity contribution in [2.24, 2.45) is 5.92 Å². The van der Waals surface area contributed by atoms with E-state index in [1.54, 1.807) is 22.8 Å². The van der Waals surface area contributed by atoms with Crippen LogP contribution in [0.2, 0.25) is 0 Å². The number of benzene rings is 3. The van der Waals surface area contributed by atoms with Crippen molar-refractivity contribution >= 4 is 16.9 Å². The second-order valence-electron chi connectivity index (χ2n) is 9.87. The maximum atomic E-state index is 14.8. The van der Waals surface area contributed by atoms with Crippen LogP contribution in [-0.2, 0) is 10.2 Å². The lowest BCUT2D eigenvalue weighted by molar-refractivity contribution is -0.0654. The molecule has 7 nitrogen and oxygen atoms in total. The highest BCUT2D eigenvalue weighted by Gasteiger charge is 2.42. The molecule has 5 rings (SSSR count). The van der Waals surface area contributed by atoms with Gasteiger partial charge in [0.15, 0.2) is 11.6 Å². The number of aromatic hydroxyl groups is 1. The van der Waals surface area contributed by atoms with Crippen LogP contribution < -0.4 is 9.47 Å². The lowest BCUT2D eigenvalue weighted by Gasteiger charge is -2.41. The molecule has 2 heterocycles. The molecule has 0 atom stereocenters. The zero-order valence-electron chi connectivity index (χ0n) is 21.3. The molecular formula is C29H27F2NO6. The SMILES string of the molecule is COc1cc(-n2c(C(C)(C)C3COC3)c(-c3ccc(C(=O)O)c(OC)c3)c3c(O)cc(F)cc32)ccc1F. The van der Waals surface area contributed by atoms with Crippen molar-refractivity contribution in [3.05, 3.63) is 71.4 Å². The quantitative estimate of drug-likeness (QED) is 0.313. The van der Waals surface area contributed by atoms with E-state index in [2.05, 4.69) is 0 Å². The molecule has 198 valence electrons. The number of carboxylic acid groups (broad SMARTS) is 1. The van der Waals surface area contributed by atoms with Gasteiger partial charge < -0.3 is 29.0 Å². The standard InChI is InChI=1S/C29H27F2NO6/c1-29(2,16-13-38-14-16)27-25(15-5-7-19(28(34)35)23(9-15)36-3)26-21(10-17(30)11-22(26)33)32(27)18-6-8-20(31)24(12-18)37-4/h5-12,16,33H,13-14H2,1-4H3,(H,34,35). The number of carbonyl (C=O) groups is 1. The van der Waals surface area contributed by atoms with Crippen LogP contribution in [0.4, 0.5) is 8.78 Å². The molecule has 0 saturated carbocycles. The number of phenols is 1. The van der Waals surface area contributed by atoms with Crippen molar-refractivity contribution in [2.75, 3.05) is 27.4 Å². The summed E-state index contributed by atoms with van der Waals surface area (Å²) in [6.07, 6.45) is 0. The van der Waals surface area contributed by atoms with E-state index in [1.165, 1.54) is 38.5 Å². The second kappa shape index (κ2) is 9.33. The predicted octanol–water partition coefficient (Wildman–Crippen LogP) is 5.92. The highest BCUT2D eigenvalue weighted by molar-refractivity contribution is 6.04. The van der Waals surface area contributed by atoms with E-state index in [9.17, 15) is 23.8 Å². The minimum absolute atomic E-state index is 0.00902. The number of nitrogens with zero attached hydrogens (tertiary/aromatic N) is 1. The molecule has 0 aliphatic carbocycles. The Kier molecular flexibility index (Phi) is 6.27. The lowest BCUT2D eigenvalue weighted by atomic mass is 9.72. The van der Waals surface area contributed by atoms with Gasteiger partial charge in [-0.15, -0.1) is 0 Å². The Balaban J connectivity index is 1.95. The number of hydrogen-bond acceptors (Lipinski definition) is 5. The highest BCUT2D eigenvalue weighted by Crippen LogP contribution is 2.50. The number of carboxylic acids is 1. The summed E-state index contributed by atoms with van der Waals surface area (Å²) in [5.74, 6) is -2.41. The fourth-order valence-electron chi connectivity index (χ4n) is 5.18. The van der Waals surface area contributed by atoms with Gasteiger partial charge >= 0.3 is 5.97 Å². The molecule has 9 heteroatoms. The van der Waals surface area contributed by atoms with Crippen LogP contribution in [0, 0.1) is 17.6 Å². The highest BCUT2D eigenvalue weighted by atomic mass is 19.1. The van der Waals surface area contributed by atoms with Crippen LogP contribution in [-0.4, -0.2) is 48.2 Å². The molecule has 2 N–H and O–H groups in total. The van der Waals surface area contributed by atoms with Gasteiger partial charge in [0, 0.05) is 40.4 Å². The zero-order chi connectivity index (χ0) is 27.4. The average Bonchev–Trinajstić information content (AvgIpc) is 3.18. The number of phenolic OH excluding ortho intramolecular Hbond substituents is 1. The summed E-state index contributed by atoms with van der Waals surface area (Å²) in [6.45, 7) is 5.07. The lowest BCUT2D eigenvalue weighted by Crippen LogP contribution is -2.44. The molecule has 1 aliphatic heterocycles. The molecule has 4 aromatic rings. The van der Waals surface area contributed by atoms with E-state index < -0.39 is 23.0 Å². The molecule has 1 saturated heterocycles. The van der Waals surface area contributed by atoms with Crippen molar-refractivity contribution < 1.29 is 38.0 Å². The van der Waals surface area contributed by atoms with Crippen LogP contribution in [0.5, 0.6) is 17.2 Å². The molecule has 1 aromatic heterocycles. The summed E-state index contributed by atoms with van der Waals surface area (Å²) in [5.41, 5.74) is 2.10. The van der Waals surface area contributed by atoms with Gasteiger partial charge in [0.05, 0.1) is 38.3 Å². The van der Waals surface area contributed by atoms with Crippen molar-refractivity contribution in [1.29, 1.82) is 0 Å². The molecule has 38 heavy (non-hydrogen) atoms. The van der Waals surface area contributed by atoms with Gasteiger partial charge in [-0.05, 0) is 35.9 Å². The molecule has 1 aliphatic rings. The number of aromatic nitrogens is 1. The fraction of sp³-hybridized carbons (Fsp3) is 0.276. The average molecular weight is 524 g/mol. The first kappa shape index (κ1) is 25.5. The van der Waals surface area contributed by atoms with E-state index in [-0.39, 0.29) is 28.7 Å². The fourth-order valence-corrected chi connectivity index (χ4v) is 5.18. The molecule has 0 bridgehead atoms. The van der Waals surface area contributed by atoms with E-state index in [4.69, 9.17) is 14.2 Å². The van der Waals surface area contributed by atoms with Gasteiger partial charge in [0.25, 0.3) is 0 Å². The van der Waals surface area contributed by atoms with Crippen LogP contribution in [0.25, 0.3) is 27.7 Å². The minimum Gasteiger partial charge on any atom is -0.507 e.